The Hall–Kier alpha value is -0.463. The van der Waals surface area contributed by atoms with Gasteiger partial charge in [0.1, 0.15) is 0 Å². The minimum atomic E-state index is -2.71. The van der Waals surface area contributed by atoms with Crippen molar-refractivity contribution in [1.29, 1.82) is 0 Å². The van der Waals surface area contributed by atoms with Crippen LogP contribution >= 0.6 is 0 Å². The molecule has 0 aromatic heterocycles. The van der Waals surface area contributed by atoms with Crippen LogP contribution in [0.4, 0.5) is 0 Å². The molecule has 1 saturated heterocycles. The van der Waals surface area contributed by atoms with Crippen LogP contribution < -0.4 is 0 Å². The fourth-order valence-corrected chi connectivity index (χ4v) is 4.11. The van der Waals surface area contributed by atoms with E-state index in [9.17, 15) is 0 Å². The van der Waals surface area contributed by atoms with Crippen molar-refractivity contribution in [2.75, 3.05) is 33.0 Å². The van der Waals surface area contributed by atoms with Crippen LogP contribution in [-0.4, -0.2) is 41.8 Å². The van der Waals surface area contributed by atoms with Gasteiger partial charge in [-0.25, -0.2) is 0 Å². The van der Waals surface area contributed by atoms with Crippen LogP contribution in [0.25, 0.3) is 0 Å². The highest BCUT2D eigenvalue weighted by molar-refractivity contribution is 6.66. The Morgan fingerprint density at radius 1 is 1.12 bits per heavy atom. The Labute approximate surface area is 105 Å². The van der Waals surface area contributed by atoms with Crippen molar-refractivity contribution in [2.45, 2.75) is 20.8 Å². The zero-order valence-electron chi connectivity index (χ0n) is 11.0. The van der Waals surface area contributed by atoms with E-state index in [4.69, 9.17) is 18.0 Å². The summed E-state index contributed by atoms with van der Waals surface area (Å²) in [7, 11) is -2.71. The van der Waals surface area contributed by atoms with Crippen molar-refractivity contribution in [3.63, 3.8) is 0 Å². The summed E-state index contributed by atoms with van der Waals surface area (Å²) in [5, 5.41) is 0. The van der Waals surface area contributed by atoms with Crippen molar-refractivity contribution >= 4 is 8.80 Å². The van der Waals surface area contributed by atoms with E-state index in [1.54, 1.807) is 0 Å². The van der Waals surface area contributed by atoms with Gasteiger partial charge < -0.3 is 18.0 Å². The molecule has 0 aromatic carbocycles. The SMILES string of the molecule is C=C1COC/C1=C/[Si](OCC)(OCC)OCC. The Morgan fingerprint density at radius 2 is 1.65 bits per heavy atom. The molecule has 17 heavy (non-hydrogen) atoms. The molecule has 98 valence electrons. The molecular formula is C12H22O4Si. The summed E-state index contributed by atoms with van der Waals surface area (Å²) >= 11 is 0. The zero-order chi connectivity index (χ0) is 12.7. The Morgan fingerprint density at radius 3 is 2.00 bits per heavy atom. The van der Waals surface area contributed by atoms with Gasteiger partial charge in [-0.15, -0.1) is 0 Å². The third-order valence-electron chi connectivity index (χ3n) is 2.38. The average molecular weight is 258 g/mol. The second-order valence-electron chi connectivity index (χ2n) is 3.67. The third-order valence-corrected chi connectivity index (χ3v) is 5.15. The Balaban J connectivity index is 2.89. The summed E-state index contributed by atoms with van der Waals surface area (Å²) in [6.45, 7) is 12.7. The van der Waals surface area contributed by atoms with E-state index in [1.165, 1.54) is 0 Å². The van der Waals surface area contributed by atoms with Crippen LogP contribution in [0.1, 0.15) is 20.8 Å². The lowest BCUT2D eigenvalue weighted by atomic mass is 10.2. The predicted octanol–water partition coefficient (Wildman–Crippen LogP) is 2.09. The maximum Gasteiger partial charge on any atom is 0.529 e. The molecule has 1 aliphatic rings. The lowest BCUT2D eigenvalue weighted by Crippen LogP contribution is -2.45. The zero-order valence-corrected chi connectivity index (χ0v) is 12.0. The van der Waals surface area contributed by atoms with Crippen LogP contribution in [-0.2, 0) is 18.0 Å². The van der Waals surface area contributed by atoms with Gasteiger partial charge in [-0.2, -0.15) is 0 Å². The molecule has 0 spiro atoms. The third kappa shape index (κ3) is 4.04. The molecule has 0 N–H and O–H groups in total. The number of rotatable bonds is 7. The second-order valence-corrected chi connectivity index (χ2v) is 6.03. The number of hydrogen-bond donors (Lipinski definition) is 0. The quantitative estimate of drug-likeness (QED) is 0.655. The highest BCUT2D eigenvalue weighted by Crippen LogP contribution is 2.22. The monoisotopic (exact) mass is 258 g/mol. The fraction of sp³-hybridized carbons (Fsp3) is 0.667. The molecule has 0 saturated carbocycles. The summed E-state index contributed by atoms with van der Waals surface area (Å²) in [6.07, 6.45) is 0. The molecule has 0 radical (unpaired) electrons. The number of ether oxygens (including phenoxy) is 1. The van der Waals surface area contributed by atoms with Gasteiger partial charge in [0, 0.05) is 19.8 Å². The average Bonchev–Trinajstić information content (AvgIpc) is 2.65. The van der Waals surface area contributed by atoms with Crippen LogP contribution in [0.5, 0.6) is 0 Å². The molecule has 1 heterocycles. The predicted molar refractivity (Wildman–Crippen MR) is 68.7 cm³/mol. The fourth-order valence-electron chi connectivity index (χ4n) is 1.69. The normalized spacial score (nSPS) is 19.2. The van der Waals surface area contributed by atoms with Crippen molar-refractivity contribution < 1.29 is 18.0 Å². The molecule has 5 heteroatoms. The van der Waals surface area contributed by atoms with Gasteiger partial charge >= 0.3 is 8.80 Å². The van der Waals surface area contributed by atoms with Crippen LogP contribution in [0.3, 0.4) is 0 Å². The smallest absolute Gasteiger partial charge is 0.372 e. The summed E-state index contributed by atoms with van der Waals surface area (Å²) in [5.74, 6) is 0. The maximum atomic E-state index is 5.74. The molecule has 0 aliphatic carbocycles. The first kappa shape index (κ1) is 14.6. The minimum Gasteiger partial charge on any atom is -0.372 e. The van der Waals surface area contributed by atoms with Gasteiger partial charge in [0.05, 0.1) is 13.2 Å². The van der Waals surface area contributed by atoms with E-state index in [0.29, 0.717) is 33.0 Å². The largest absolute Gasteiger partial charge is 0.529 e. The van der Waals surface area contributed by atoms with Crippen molar-refractivity contribution in [3.05, 3.63) is 23.4 Å². The van der Waals surface area contributed by atoms with Crippen LogP contribution in [0.15, 0.2) is 23.4 Å². The van der Waals surface area contributed by atoms with Crippen molar-refractivity contribution in [1.82, 2.24) is 0 Å². The molecule has 1 rings (SSSR count). The summed E-state index contributed by atoms with van der Waals surface area (Å²) in [6, 6.07) is 0. The standard InChI is InChI=1S/C12H22O4Si/c1-5-14-17(15-6-2,16-7-3)10-12-9-13-8-11(12)4/h10H,4-9H2,1-3H3/b12-10-. The molecule has 0 amide bonds. The van der Waals surface area contributed by atoms with Gasteiger partial charge in [0.2, 0.25) is 0 Å². The molecule has 0 unspecified atom stereocenters. The molecule has 1 fully saturated rings. The van der Waals surface area contributed by atoms with Gasteiger partial charge in [0.25, 0.3) is 0 Å². The first-order valence-electron chi connectivity index (χ1n) is 6.07. The van der Waals surface area contributed by atoms with Crippen molar-refractivity contribution in [3.8, 4) is 0 Å². The highest BCUT2D eigenvalue weighted by atomic mass is 28.4. The van der Waals surface area contributed by atoms with Crippen molar-refractivity contribution in [2.24, 2.45) is 0 Å². The van der Waals surface area contributed by atoms with Crippen LogP contribution in [0.2, 0.25) is 0 Å². The summed E-state index contributed by atoms with van der Waals surface area (Å²) < 4.78 is 22.6. The maximum absolute atomic E-state index is 5.74. The topological polar surface area (TPSA) is 36.9 Å². The van der Waals surface area contributed by atoms with E-state index >= 15 is 0 Å². The van der Waals surface area contributed by atoms with E-state index < -0.39 is 8.80 Å². The Bertz CT molecular complexity index is 271. The van der Waals surface area contributed by atoms with E-state index in [2.05, 4.69) is 6.58 Å². The number of hydrogen-bond acceptors (Lipinski definition) is 4. The molecular weight excluding hydrogens is 236 g/mol. The molecule has 1 aliphatic heterocycles. The molecule has 4 nitrogen and oxygen atoms in total. The molecule has 0 aromatic rings. The molecule has 0 bridgehead atoms. The highest BCUT2D eigenvalue weighted by Gasteiger charge is 2.39. The first-order chi connectivity index (χ1) is 8.17. The summed E-state index contributed by atoms with van der Waals surface area (Å²) in [5.41, 5.74) is 4.01. The first-order valence-corrected chi connectivity index (χ1v) is 7.87. The van der Waals surface area contributed by atoms with E-state index in [0.717, 1.165) is 11.1 Å². The van der Waals surface area contributed by atoms with E-state index in [1.807, 2.05) is 26.5 Å². The van der Waals surface area contributed by atoms with Gasteiger partial charge in [-0.1, -0.05) is 6.58 Å². The van der Waals surface area contributed by atoms with Crippen LogP contribution in [0, 0.1) is 0 Å². The van der Waals surface area contributed by atoms with E-state index in [-0.39, 0.29) is 0 Å². The minimum absolute atomic E-state index is 0.570. The van der Waals surface area contributed by atoms with Gasteiger partial charge in [0.15, 0.2) is 0 Å². The second kappa shape index (κ2) is 7.08. The van der Waals surface area contributed by atoms with Gasteiger partial charge in [-0.3, -0.25) is 0 Å². The lowest BCUT2D eigenvalue weighted by Gasteiger charge is -2.26. The Kier molecular flexibility index (Phi) is 6.08. The van der Waals surface area contributed by atoms with Gasteiger partial charge in [-0.05, 0) is 37.6 Å². The summed E-state index contributed by atoms with van der Waals surface area (Å²) in [4.78, 5) is 0. The lowest BCUT2D eigenvalue weighted by molar-refractivity contribution is 0.0839. The molecule has 0 atom stereocenters.